The van der Waals surface area contributed by atoms with Gasteiger partial charge in [0.1, 0.15) is 5.75 Å². The summed E-state index contributed by atoms with van der Waals surface area (Å²) in [5.74, 6) is -0.210. The third-order valence-electron chi connectivity index (χ3n) is 3.37. The molecule has 2 rings (SSSR count). The van der Waals surface area contributed by atoms with E-state index in [0.29, 0.717) is 17.9 Å². The van der Waals surface area contributed by atoms with Crippen molar-refractivity contribution >= 4 is 39.2 Å². The summed E-state index contributed by atoms with van der Waals surface area (Å²) in [5.41, 5.74) is 0.492. The Labute approximate surface area is 145 Å². The average molecular weight is 373 g/mol. The number of hydrogen-bond donors (Lipinski definition) is 1. The molecule has 132 valence electrons. The number of nitrogens with one attached hydrogen (secondary N) is 1. The molecule has 1 saturated heterocycles. The van der Waals surface area contributed by atoms with Crippen LogP contribution in [0.3, 0.4) is 0 Å². The van der Waals surface area contributed by atoms with Gasteiger partial charge in [0.15, 0.2) is 16.4 Å². The summed E-state index contributed by atoms with van der Waals surface area (Å²) in [7, 11) is -1.47. The van der Waals surface area contributed by atoms with Crippen molar-refractivity contribution in [3.05, 3.63) is 24.3 Å². The van der Waals surface area contributed by atoms with E-state index in [4.69, 9.17) is 9.47 Å². The van der Waals surface area contributed by atoms with Crippen LogP contribution in [0.2, 0.25) is 0 Å². The van der Waals surface area contributed by atoms with E-state index in [9.17, 15) is 18.0 Å². The summed E-state index contributed by atoms with van der Waals surface area (Å²) < 4.78 is 32.7. The Balaban J connectivity index is 1.70. The van der Waals surface area contributed by atoms with Crippen LogP contribution in [-0.4, -0.2) is 56.5 Å². The van der Waals surface area contributed by atoms with Gasteiger partial charge in [0, 0.05) is 5.25 Å². The Bertz CT molecular complexity index is 704. The van der Waals surface area contributed by atoms with Gasteiger partial charge in [-0.05, 0) is 18.6 Å². The maximum Gasteiger partial charge on any atom is 0.316 e. The van der Waals surface area contributed by atoms with Crippen LogP contribution in [0.5, 0.6) is 5.75 Å². The first-order chi connectivity index (χ1) is 11.4. The molecule has 0 aromatic heterocycles. The highest BCUT2D eigenvalue weighted by molar-refractivity contribution is 8.02. The Morgan fingerprint density at radius 3 is 2.75 bits per heavy atom. The molecule has 1 aliphatic heterocycles. The van der Waals surface area contributed by atoms with Crippen molar-refractivity contribution in [3.8, 4) is 5.75 Å². The number of rotatable bonds is 7. The van der Waals surface area contributed by atoms with Crippen LogP contribution >= 0.6 is 11.8 Å². The number of esters is 1. The maximum atomic E-state index is 11.8. The quantitative estimate of drug-likeness (QED) is 0.715. The molecule has 1 aliphatic rings. The van der Waals surface area contributed by atoms with Gasteiger partial charge < -0.3 is 14.8 Å². The highest BCUT2D eigenvalue weighted by atomic mass is 32.2. The van der Waals surface area contributed by atoms with Gasteiger partial charge in [-0.1, -0.05) is 12.1 Å². The molecule has 1 atom stereocenters. The normalized spacial score (nSPS) is 18.8. The number of benzene rings is 1. The molecule has 24 heavy (non-hydrogen) atoms. The molecular weight excluding hydrogens is 354 g/mol. The smallest absolute Gasteiger partial charge is 0.316 e. The summed E-state index contributed by atoms with van der Waals surface area (Å²) in [6.45, 7) is -0.402. The standard InChI is InChI=1S/C15H19NO6S2/c1-21-13-5-3-2-4-12(13)16-14(17)8-22-15(18)9-23-11-6-7-24(19,20)10-11/h2-5,11H,6-10H2,1H3,(H,16,17)/t11-/m0/s1. The van der Waals surface area contributed by atoms with E-state index in [1.807, 2.05) is 0 Å². The van der Waals surface area contributed by atoms with E-state index in [-0.39, 0.29) is 22.5 Å². The van der Waals surface area contributed by atoms with Crippen molar-refractivity contribution in [3.63, 3.8) is 0 Å². The molecule has 0 radical (unpaired) electrons. The first-order valence-electron chi connectivity index (χ1n) is 7.30. The lowest BCUT2D eigenvalue weighted by atomic mass is 10.3. The number of sulfone groups is 1. The first kappa shape index (κ1) is 18.6. The van der Waals surface area contributed by atoms with E-state index in [2.05, 4.69) is 5.32 Å². The highest BCUT2D eigenvalue weighted by Crippen LogP contribution is 2.24. The predicted molar refractivity (Wildman–Crippen MR) is 92.1 cm³/mol. The van der Waals surface area contributed by atoms with Crippen LogP contribution in [0, 0.1) is 0 Å². The molecule has 7 nitrogen and oxygen atoms in total. The largest absolute Gasteiger partial charge is 0.495 e. The van der Waals surface area contributed by atoms with Crippen LogP contribution in [-0.2, 0) is 24.2 Å². The second-order valence-corrected chi connectivity index (χ2v) is 8.76. The molecule has 0 bridgehead atoms. The summed E-state index contributed by atoms with van der Waals surface area (Å²) in [6, 6.07) is 6.90. The first-order valence-corrected chi connectivity index (χ1v) is 10.2. The molecule has 0 saturated carbocycles. The van der Waals surface area contributed by atoms with Crippen molar-refractivity contribution in [2.75, 3.05) is 36.3 Å². The zero-order valence-electron chi connectivity index (χ0n) is 13.2. The van der Waals surface area contributed by atoms with Gasteiger partial charge in [0.05, 0.1) is 30.1 Å². The van der Waals surface area contributed by atoms with Gasteiger partial charge in [0.2, 0.25) is 0 Å². The summed E-state index contributed by atoms with van der Waals surface area (Å²) in [6.07, 6.45) is 0.550. The summed E-state index contributed by atoms with van der Waals surface area (Å²) >= 11 is 1.25. The number of anilines is 1. The minimum absolute atomic E-state index is 0.0299. The van der Waals surface area contributed by atoms with Gasteiger partial charge >= 0.3 is 5.97 Å². The number of para-hydroxylation sites is 2. The fourth-order valence-corrected chi connectivity index (χ4v) is 5.64. The Morgan fingerprint density at radius 2 is 2.08 bits per heavy atom. The van der Waals surface area contributed by atoms with Crippen molar-refractivity contribution in [1.82, 2.24) is 0 Å². The molecular formula is C15H19NO6S2. The molecule has 0 unspecified atom stereocenters. The number of carbonyl (C=O) groups is 2. The zero-order chi connectivity index (χ0) is 17.6. The van der Waals surface area contributed by atoms with Gasteiger partial charge in [0.25, 0.3) is 5.91 Å². The molecule has 1 heterocycles. The second kappa shape index (κ2) is 8.39. The maximum absolute atomic E-state index is 11.8. The number of hydrogen-bond acceptors (Lipinski definition) is 7. The van der Waals surface area contributed by atoms with Crippen LogP contribution in [0.25, 0.3) is 0 Å². The third-order valence-corrected chi connectivity index (χ3v) is 6.63. The molecule has 1 N–H and O–H groups in total. The van der Waals surface area contributed by atoms with Gasteiger partial charge in [-0.3, -0.25) is 9.59 Å². The topological polar surface area (TPSA) is 98.8 Å². The molecule has 0 aliphatic carbocycles. The molecule has 1 aromatic rings. The predicted octanol–water partition coefficient (Wildman–Crippen LogP) is 1.10. The van der Waals surface area contributed by atoms with E-state index < -0.39 is 28.3 Å². The Morgan fingerprint density at radius 1 is 1.33 bits per heavy atom. The number of methoxy groups -OCH3 is 1. The number of carbonyl (C=O) groups excluding carboxylic acids is 2. The van der Waals surface area contributed by atoms with Gasteiger partial charge in [-0.15, -0.1) is 11.8 Å². The van der Waals surface area contributed by atoms with Crippen molar-refractivity contribution < 1.29 is 27.5 Å². The van der Waals surface area contributed by atoms with Gasteiger partial charge in [-0.25, -0.2) is 8.42 Å². The number of thioether (sulfide) groups is 1. The summed E-state index contributed by atoms with van der Waals surface area (Å²) in [5, 5.41) is 2.52. The van der Waals surface area contributed by atoms with Crippen molar-refractivity contribution in [1.29, 1.82) is 0 Å². The van der Waals surface area contributed by atoms with Gasteiger partial charge in [-0.2, -0.15) is 0 Å². The lowest BCUT2D eigenvalue weighted by Gasteiger charge is -2.10. The third kappa shape index (κ3) is 5.72. The Kier molecular flexibility index (Phi) is 6.50. The van der Waals surface area contributed by atoms with E-state index >= 15 is 0 Å². The SMILES string of the molecule is COc1ccccc1NC(=O)COC(=O)CS[C@H]1CCS(=O)(=O)C1. The van der Waals surface area contributed by atoms with Crippen molar-refractivity contribution in [2.45, 2.75) is 11.7 Å². The minimum atomic E-state index is -2.96. The Hall–Kier alpha value is -1.74. The van der Waals surface area contributed by atoms with E-state index in [1.54, 1.807) is 24.3 Å². The fourth-order valence-electron chi connectivity index (χ4n) is 2.20. The van der Waals surface area contributed by atoms with Crippen molar-refractivity contribution in [2.24, 2.45) is 0 Å². The second-order valence-electron chi connectivity index (χ2n) is 5.25. The average Bonchev–Trinajstić information content (AvgIpc) is 2.90. The monoisotopic (exact) mass is 373 g/mol. The zero-order valence-corrected chi connectivity index (χ0v) is 14.8. The van der Waals surface area contributed by atoms with Crippen LogP contribution < -0.4 is 10.1 Å². The minimum Gasteiger partial charge on any atom is -0.495 e. The molecule has 0 spiro atoms. The lowest BCUT2D eigenvalue weighted by molar-refractivity contribution is -0.144. The van der Waals surface area contributed by atoms with Crippen LogP contribution in [0.4, 0.5) is 5.69 Å². The molecule has 1 fully saturated rings. The van der Waals surface area contributed by atoms with E-state index in [1.165, 1.54) is 18.9 Å². The number of ether oxygens (including phenoxy) is 2. The number of amides is 1. The summed E-state index contributed by atoms with van der Waals surface area (Å²) in [4.78, 5) is 23.4. The molecule has 9 heteroatoms. The molecule has 1 amide bonds. The highest BCUT2D eigenvalue weighted by Gasteiger charge is 2.28. The fraction of sp³-hybridized carbons (Fsp3) is 0.467. The lowest BCUT2D eigenvalue weighted by Crippen LogP contribution is -2.22. The van der Waals surface area contributed by atoms with Crippen LogP contribution in [0.15, 0.2) is 24.3 Å². The van der Waals surface area contributed by atoms with E-state index in [0.717, 1.165) is 0 Å². The molecule has 1 aromatic carbocycles. The van der Waals surface area contributed by atoms with Crippen LogP contribution in [0.1, 0.15) is 6.42 Å².